The normalized spacial score (nSPS) is 11.7. The molecule has 0 heterocycles. The van der Waals surface area contributed by atoms with E-state index in [0.717, 1.165) is 10.5 Å². The average molecular weight is 381 g/mol. The molecule has 0 spiro atoms. The highest BCUT2D eigenvalue weighted by molar-refractivity contribution is 6.31. The van der Waals surface area contributed by atoms with Crippen LogP contribution in [0.15, 0.2) is 42.5 Å². The van der Waals surface area contributed by atoms with Gasteiger partial charge in [-0.1, -0.05) is 29.3 Å². The zero-order valence-corrected chi connectivity index (χ0v) is 15.5. The van der Waals surface area contributed by atoms with Crippen molar-refractivity contribution in [1.29, 1.82) is 0 Å². The van der Waals surface area contributed by atoms with Crippen LogP contribution in [-0.4, -0.2) is 32.0 Å². The summed E-state index contributed by atoms with van der Waals surface area (Å²) in [5.74, 6) is -0.353. The third-order valence-corrected chi connectivity index (χ3v) is 4.26. The van der Waals surface area contributed by atoms with Gasteiger partial charge in [-0.15, -0.1) is 0 Å². The average Bonchev–Trinajstić information content (AvgIpc) is 2.53. The van der Waals surface area contributed by atoms with Gasteiger partial charge < -0.3 is 15.5 Å². The van der Waals surface area contributed by atoms with Crippen molar-refractivity contribution in [3.8, 4) is 0 Å². The molecule has 0 fully saturated rings. The van der Waals surface area contributed by atoms with Gasteiger partial charge in [0.15, 0.2) is 13.1 Å². The number of amides is 2. The van der Waals surface area contributed by atoms with Crippen LogP contribution >= 0.6 is 23.2 Å². The summed E-state index contributed by atoms with van der Waals surface area (Å²) >= 11 is 11.8. The Labute approximate surface area is 156 Å². The van der Waals surface area contributed by atoms with Crippen LogP contribution in [0.1, 0.15) is 5.56 Å². The first-order valence-corrected chi connectivity index (χ1v) is 8.52. The molecule has 0 saturated heterocycles. The Kier molecular flexibility index (Phi) is 6.82. The van der Waals surface area contributed by atoms with Gasteiger partial charge in [-0.05, 0) is 48.9 Å². The topological polar surface area (TPSA) is 62.6 Å². The van der Waals surface area contributed by atoms with E-state index in [2.05, 4.69) is 10.6 Å². The molecule has 1 atom stereocenters. The molecule has 0 bridgehead atoms. The van der Waals surface area contributed by atoms with Crippen LogP contribution < -0.4 is 15.5 Å². The van der Waals surface area contributed by atoms with Gasteiger partial charge in [0.25, 0.3) is 11.8 Å². The predicted octanol–water partition coefficient (Wildman–Crippen LogP) is 2.39. The maximum Gasteiger partial charge on any atom is 0.279 e. The number of carbonyl (C=O) groups is 2. The molecule has 0 aliphatic heterocycles. The van der Waals surface area contributed by atoms with Crippen LogP contribution in [0.3, 0.4) is 0 Å². The van der Waals surface area contributed by atoms with E-state index in [1.165, 1.54) is 0 Å². The molecular weight excluding hydrogens is 361 g/mol. The molecular formula is C18H20Cl2N3O2+. The largest absolute Gasteiger partial charge is 0.322 e. The fourth-order valence-corrected chi connectivity index (χ4v) is 2.59. The summed E-state index contributed by atoms with van der Waals surface area (Å²) in [6, 6.07) is 12.2. The molecule has 0 radical (unpaired) electrons. The molecule has 2 aromatic rings. The van der Waals surface area contributed by atoms with Gasteiger partial charge in [-0.25, -0.2) is 0 Å². The van der Waals surface area contributed by atoms with Crippen molar-refractivity contribution in [2.24, 2.45) is 0 Å². The molecule has 25 heavy (non-hydrogen) atoms. The smallest absolute Gasteiger partial charge is 0.279 e. The highest BCUT2D eigenvalue weighted by Crippen LogP contribution is 2.22. The summed E-state index contributed by atoms with van der Waals surface area (Å²) in [5, 5.41) is 6.80. The summed E-state index contributed by atoms with van der Waals surface area (Å²) in [6.45, 7) is 2.18. The van der Waals surface area contributed by atoms with Crippen LogP contribution in [0.4, 0.5) is 11.4 Å². The zero-order valence-electron chi connectivity index (χ0n) is 14.0. The molecule has 1 unspecified atom stereocenters. The van der Waals surface area contributed by atoms with E-state index < -0.39 is 0 Å². The van der Waals surface area contributed by atoms with Crippen molar-refractivity contribution in [1.82, 2.24) is 0 Å². The number of hydrogen-bond donors (Lipinski definition) is 3. The Morgan fingerprint density at radius 2 is 1.56 bits per heavy atom. The fourth-order valence-electron chi connectivity index (χ4n) is 2.29. The van der Waals surface area contributed by atoms with E-state index >= 15 is 0 Å². The fraction of sp³-hybridized carbons (Fsp3) is 0.222. The first kappa shape index (κ1) is 19.2. The summed E-state index contributed by atoms with van der Waals surface area (Å²) in [6.07, 6.45) is 0. The lowest BCUT2D eigenvalue weighted by Gasteiger charge is -2.15. The highest BCUT2D eigenvalue weighted by atomic mass is 35.5. The van der Waals surface area contributed by atoms with Crippen molar-refractivity contribution in [3.63, 3.8) is 0 Å². The van der Waals surface area contributed by atoms with E-state index in [1.54, 1.807) is 49.5 Å². The van der Waals surface area contributed by atoms with E-state index in [1.807, 2.05) is 6.92 Å². The lowest BCUT2D eigenvalue weighted by Crippen LogP contribution is -3.11. The van der Waals surface area contributed by atoms with Crippen molar-refractivity contribution in [2.45, 2.75) is 6.92 Å². The molecule has 0 saturated carbocycles. The van der Waals surface area contributed by atoms with Crippen molar-refractivity contribution in [2.75, 3.05) is 30.8 Å². The van der Waals surface area contributed by atoms with E-state index in [4.69, 9.17) is 23.2 Å². The summed E-state index contributed by atoms with van der Waals surface area (Å²) in [5.41, 5.74) is 2.16. The second-order valence-corrected chi connectivity index (χ2v) is 6.67. The second-order valence-electron chi connectivity index (χ2n) is 5.83. The Bertz CT molecular complexity index is 763. The number of quaternary nitrogens is 1. The molecule has 7 heteroatoms. The lowest BCUT2D eigenvalue weighted by molar-refractivity contribution is -0.862. The monoisotopic (exact) mass is 380 g/mol. The predicted molar refractivity (Wildman–Crippen MR) is 102 cm³/mol. The number of likely N-dealkylation sites (N-methyl/N-ethyl adjacent to an activating group) is 1. The first-order valence-electron chi connectivity index (χ1n) is 7.77. The van der Waals surface area contributed by atoms with Crippen LogP contribution in [-0.2, 0) is 9.59 Å². The molecule has 0 aromatic heterocycles. The molecule has 2 aromatic carbocycles. The van der Waals surface area contributed by atoms with Crippen molar-refractivity contribution >= 4 is 46.4 Å². The third-order valence-electron chi connectivity index (χ3n) is 3.59. The minimum Gasteiger partial charge on any atom is -0.322 e. The second kappa shape index (κ2) is 8.85. The molecule has 0 aliphatic rings. The third kappa shape index (κ3) is 6.05. The quantitative estimate of drug-likeness (QED) is 0.720. The summed E-state index contributed by atoms with van der Waals surface area (Å²) < 4.78 is 0. The SMILES string of the molecule is Cc1c(Cl)cccc1NC(=O)C[NH+](C)CC(=O)Nc1ccc(Cl)cc1. The molecule has 2 amide bonds. The maximum absolute atomic E-state index is 12.1. The summed E-state index contributed by atoms with van der Waals surface area (Å²) in [7, 11) is 1.78. The number of rotatable bonds is 6. The molecule has 132 valence electrons. The van der Waals surface area contributed by atoms with Gasteiger partial charge in [0, 0.05) is 21.4 Å². The van der Waals surface area contributed by atoms with Crippen LogP contribution in [0.5, 0.6) is 0 Å². The van der Waals surface area contributed by atoms with Gasteiger partial charge in [0.1, 0.15) is 0 Å². The van der Waals surface area contributed by atoms with Gasteiger partial charge in [-0.3, -0.25) is 9.59 Å². The Hall–Kier alpha value is -2.08. The minimum absolute atomic E-state index is 0.167. The molecule has 5 nitrogen and oxygen atoms in total. The zero-order chi connectivity index (χ0) is 18.4. The Morgan fingerprint density at radius 1 is 0.960 bits per heavy atom. The number of nitrogens with one attached hydrogen (secondary N) is 3. The van der Waals surface area contributed by atoms with Crippen LogP contribution in [0.25, 0.3) is 0 Å². The minimum atomic E-state index is -0.179. The number of anilines is 2. The maximum atomic E-state index is 12.1. The standard InChI is InChI=1S/C18H19Cl2N3O2/c1-12-15(20)4-3-5-16(12)22-18(25)11-23(2)10-17(24)21-14-8-6-13(19)7-9-14/h3-9H,10-11H2,1-2H3,(H,21,24)(H,22,25)/p+1. The van der Waals surface area contributed by atoms with Gasteiger partial charge in [-0.2, -0.15) is 0 Å². The van der Waals surface area contributed by atoms with E-state index in [-0.39, 0.29) is 24.9 Å². The number of halogens is 2. The van der Waals surface area contributed by atoms with Gasteiger partial charge in [0.2, 0.25) is 0 Å². The van der Waals surface area contributed by atoms with Crippen LogP contribution in [0.2, 0.25) is 10.0 Å². The number of carbonyl (C=O) groups excluding carboxylic acids is 2. The Morgan fingerprint density at radius 3 is 2.20 bits per heavy atom. The van der Waals surface area contributed by atoms with E-state index in [9.17, 15) is 9.59 Å². The lowest BCUT2D eigenvalue weighted by atomic mass is 10.2. The van der Waals surface area contributed by atoms with Crippen molar-refractivity contribution in [3.05, 3.63) is 58.1 Å². The molecule has 2 rings (SSSR count). The van der Waals surface area contributed by atoms with Gasteiger partial charge in [0.05, 0.1) is 7.05 Å². The first-order chi connectivity index (χ1) is 11.8. The Balaban J connectivity index is 1.83. The summed E-state index contributed by atoms with van der Waals surface area (Å²) in [4.78, 5) is 24.9. The number of hydrogen-bond acceptors (Lipinski definition) is 2. The van der Waals surface area contributed by atoms with Crippen molar-refractivity contribution < 1.29 is 14.5 Å². The highest BCUT2D eigenvalue weighted by Gasteiger charge is 2.15. The number of benzene rings is 2. The molecule has 3 N–H and O–H groups in total. The van der Waals surface area contributed by atoms with Gasteiger partial charge >= 0.3 is 0 Å². The van der Waals surface area contributed by atoms with E-state index in [0.29, 0.717) is 21.4 Å². The van der Waals surface area contributed by atoms with Crippen LogP contribution in [0, 0.1) is 6.92 Å². The molecule has 0 aliphatic carbocycles.